The van der Waals surface area contributed by atoms with Crippen LogP contribution in [-0.4, -0.2) is 34.4 Å². The van der Waals surface area contributed by atoms with Crippen LogP contribution in [0.2, 0.25) is 0 Å². The fraction of sp³-hybridized carbons (Fsp3) is 0.143. The highest BCUT2D eigenvalue weighted by Gasteiger charge is 2.38. The lowest BCUT2D eigenvalue weighted by Gasteiger charge is -2.25. The van der Waals surface area contributed by atoms with E-state index in [-0.39, 0.29) is 18.3 Å². The van der Waals surface area contributed by atoms with Crippen LogP contribution in [0.5, 0.6) is 17.2 Å². The van der Waals surface area contributed by atoms with E-state index in [9.17, 15) is 14.4 Å². The number of carbonyl (C=O) groups excluding carboxylic acids is 3. The number of nitrogens with zero attached hydrogens (tertiary/aromatic N) is 2. The molecule has 1 aliphatic heterocycles. The summed E-state index contributed by atoms with van der Waals surface area (Å²) in [5.41, 5.74) is 7.70. The van der Waals surface area contributed by atoms with Crippen LogP contribution in [0.15, 0.2) is 78.9 Å². The first-order valence-electron chi connectivity index (χ1n) is 11.9. The number of para-hydroxylation sites is 1. The molecule has 0 saturated carbocycles. The van der Waals surface area contributed by atoms with Gasteiger partial charge < -0.3 is 25.4 Å². The zero-order valence-corrected chi connectivity index (χ0v) is 20.5. The van der Waals surface area contributed by atoms with Crippen LogP contribution >= 0.6 is 0 Å². The zero-order chi connectivity index (χ0) is 26.6. The van der Waals surface area contributed by atoms with Crippen molar-refractivity contribution < 1.29 is 23.9 Å². The molecule has 0 fully saturated rings. The van der Waals surface area contributed by atoms with Gasteiger partial charge in [0.1, 0.15) is 23.3 Å². The van der Waals surface area contributed by atoms with Crippen molar-refractivity contribution in [2.75, 3.05) is 16.8 Å². The smallest absolute Gasteiger partial charge is 0.256 e. The van der Waals surface area contributed by atoms with Crippen molar-refractivity contribution in [2.45, 2.75) is 19.5 Å². The van der Waals surface area contributed by atoms with E-state index in [4.69, 9.17) is 15.2 Å². The van der Waals surface area contributed by atoms with E-state index in [2.05, 4.69) is 15.5 Å². The number of Topliss-reactive ketones (excluding diaryl/α,β-unsaturated/α-hetero) is 1. The second-order valence-corrected chi connectivity index (χ2v) is 8.75. The van der Waals surface area contributed by atoms with Crippen LogP contribution in [0.3, 0.4) is 0 Å². The maximum absolute atomic E-state index is 13.0. The van der Waals surface area contributed by atoms with E-state index in [1.54, 1.807) is 48.5 Å². The van der Waals surface area contributed by atoms with Gasteiger partial charge in [0, 0.05) is 23.4 Å². The Labute approximate surface area is 218 Å². The van der Waals surface area contributed by atoms with Gasteiger partial charge in [0.15, 0.2) is 18.2 Å². The van der Waals surface area contributed by atoms with Crippen LogP contribution in [0.4, 0.5) is 11.5 Å². The van der Waals surface area contributed by atoms with Crippen molar-refractivity contribution in [3.63, 3.8) is 0 Å². The number of hydrogen-bond donors (Lipinski definition) is 3. The van der Waals surface area contributed by atoms with Gasteiger partial charge in [-0.1, -0.05) is 18.2 Å². The lowest BCUT2D eigenvalue weighted by atomic mass is 10.1. The topological polar surface area (TPSA) is 140 Å². The molecule has 1 unspecified atom stereocenters. The normalized spacial score (nSPS) is 14.0. The fourth-order valence-corrected chi connectivity index (χ4v) is 4.32. The molecule has 38 heavy (non-hydrogen) atoms. The van der Waals surface area contributed by atoms with Crippen molar-refractivity contribution in [3.8, 4) is 17.2 Å². The minimum atomic E-state index is -0.588. The van der Waals surface area contributed by atoms with Crippen LogP contribution < -0.4 is 25.4 Å². The average molecular weight is 512 g/mol. The molecule has 3 aromatic carbocycles. The molecule has 10 heteroatoms. The summed E-state index contributed by atoms with van der Waals surface area (Å²) in [6.45, 7) is 1.65. The molecule has 5 rings (SSSR count). The number of anilines is 2. The van der Waals surface area contributed by atoms with E-state index in [0.717, 1.165) is 11.3 Å². The zero-order valence-electron chi connectivity index (χ0n) is 20.5. The molecular formula is C28H25N5O5. The predicted octanol–water partition coefficient (Wildman–Crippen LogP) is 3.97. The van der Waals surface area contributed by atoms with E-state index in [1.807, 2.05) is 35.2 Å². The number of hydrogen-bond acceptors (Lipinski definition) is 7. The summed E-state index contributed by atoms with van der Waals surface area (Å²) in [6.07, 6.45) is 0. The van der Waals surface area contributed by atoms with Gasteiger partial charge in [-0.25, -0.2) is 0 Å². The first-order chi connectivity index (χ1) is 18.4. The van der Waals surface area contributed by atoms with Crippen molar-refractivity contribution in [2.24, 2.45) is 5.73 Å². The molecule has 0 aliphatic carbocycles. The fourth-order valence-electron chi connectivity index (χ4n) is 4.32. The Hall–Kier alpha value is -5.12. The molecule has 4 aromatic rings. The number of nitrogens with two attached hydrogens (primary N) is 1. The highest BCUT2D eigenvalue weighted by molar-refractivity contribution is 6.04. The molecule has 1 aromatic heterocycles. The van der Waals surface area contributed by atoms with Crippen LogP contribution in [-0.2, 0) is 16.1 Å². The molecule has 2 amide bonds. The first kappa shape index (κ1) is 24.6. The predicted molar refractivity (Wildman–Crippen MR) is 140 cm³/mol. The molecule has 0 radical (unpaired) electrons. The largest absolute Gasteiger partial charge is 0.484 e. The molecule has 2 heterocycles. The first-order valence-corrected chi connectivity index (χ1v) is 11.9. The Morgan fingerprint density at radius 1 is 0.974 bits per heavy atom. The minimum Gasteiger partial charge on any atom is -0.484 e. The third kappa shape index (κ3) is 5.19. The summed E-state index contributed by atoms with van der Waals surface area (Å²) in [4.78, 5) is 38.4. The third-order valence-electron chi connectivity index (χ3n) is 6.07. The quantitative estimate of drug-likeness (QED) is 0.309. The molecular weight excluding hydrogens is 486 g/mol. The number of ether oxygens (including phenoxy) is 2. The number of rotatable bonds is 9. The Morgan fingerprint density at radius 3 is 2.29 bits per heavy atom. The number of aromatic amines is 1. The Balaban J connectivity index is 1.29. The van der Waals surface area contributed by atoms with Gasteiger partial charge in [0.2, 0.25) is 0 Å². The summed E-state index contributed by atoms with van der Waals surface area (Å²) in [7, 11) is 0. The van der Waals surface area contributed by atoms with Crippen LogP contribution in [0.25, 0.3) is 0 Å². The second kappa shape index (κ2) is 10.5. The standard InChI is InChI=1S/C28H25N5O5/c1-17(34)26-25-23(15-33(26)19-9-13-20(14-10-19)37-16-24(29)35)27(32-31-25)30-28(36)18-7-11-22(12-8-18)38-21-5-3-2-4-6-21/h2-14,26H,15-16H2,1H3,(H2,29,35)(H2,30,31,32,36). The van der Waals surface area contributed by atoms with Crippen molar-refractivity contribution in [3.05, 3.63) is 95.7 Å². The molecule has 1 atom stereocenters. The molecule has 0 bridgehead atoms. The van der Waals surface area contributed by atoms with Crippen LogP contribution in [0, 0.1) is 0 Å². The van der Waals surface area contributed by atoms with Crippen molar-refractivity contribution in [1.29, 1.82) is 0 Å². The Kier molecular flexibility index (Phi) is 6.77. The molecule has 0 spiro atoms. The Bertz CT molecular complexity index is 1470. The monoisotopic (exact) mass is 511 g/mol. The summed E-state index contributed by atoms with van der Waals surface area (Å²) in [6, 6.07) is 22.6. The number of fused-ring (bicyclic) bond motifs is 1. The molecule has 192 valence electrons. The number of primary amides is 1. The minimum absolute atomic E-state index is 0.0756. The van der Waals surface area contributed by atoms with Crippen LogP contribution in [0.1, 0.15) is 34.6 Å². The number of carbonyl (C=O) groups is 3. The number of aromatic nitrogens is 2. The molecule has 10 nitrogen and oxygen atoms in total. The summed E-state index contributed by atoms with van der Waals surface area (Å²) < 4.78 is 11.1. The van der Waals surface area contributed by atoms with E-state index in [1.165, 1.54) is 6.92 Å². The number of H-pyrrole nitrogens is 1. The SMILES string of the molecule is CC(=O)C1c2[nH]nc(NC(=O)c3ccc(Oc4ccccc4)cc3)c2CN1c1ccc(OCC(N)=O)cc1. The maximum atomic E-state index is 13.0. The van der Waals surface area contributed by atoms with Gasteiger partial charge in [0.25, 0.3) is 11.8 Å². The van der Waals surface area contributed by atoms with Crippen molar-refractivity contribution in [1.82, 2.24) is 10.2 Å². The van der Waals surface area contributed by atoms with Crippen molar-refractivity contribution >= 4 is 29.1 Å². The third-order valence-corrected chi connectivity index (χ3v) is 6.07. The molecule has 0 saturated heterocycles. The van der Waals surface area contributed by atoms with E-state index < -0.39 is 11.9 Å². The van der Waals surface area contributed by atoms with E-state index >= 15 is 0 Å². The maximum Gasteiger partial charge on any atom is 0.256 e. The van der Waals surface area contributed by atoms with Gasteiger partial charge in [0.05, 0.1) is 5.69 Å². The number of nitrogens with one attached hydrogen (secondary N) is 2. The highest BCUT2D eigenvalue weighted by atomic mass is 16.5. The summed E-state index contributed by atoms with van der Waals surface area (Å²) in [5, 5.41) is 10.1. The lowest BCUT2D eigenvalue weighted by Crippen LogP contribution is -2.27. The molecule has 1 aliphatic rings. The number of benzene rings is 3. The highest BCUT2D eigenvalue weighted by Crippen LogP contribution is 2.40. The lowest BCUT2D eigenvalue weighted by molar-refractivity contribution is -0.120. The van der Waals surface area contributed by atoms with Gasteiger partial charge in [-0.2, -0.15) is 5.10 Å². The van der Waals surface area contributed by atoms with Gasteiger partial charge in [-0.05, 0) is 67.6 Å². The number of amides is 2. The summed E-state index contributed by atoms with van der Waals surface area (Å²) >= 11 is 0. The average Bonchev–Trinajstić information content (AvgIpc) is 3.48. The number of ketones is 1. The Morgan fingerprint density at radius 2 is 1.63 bits per heavy atom. The molecule has 4 N–H and O–H groups in total. The van der Waals surface area contributed by atoms with E-state index in [0.29, 0.717) is 40.9 Å². The summed E-state index contributed by atoms with van der Waals surface area (Å²) in [5.74, 6) is 1.19. The second-order valence-electron chi connectivity index (χ2n) is 8.75. The van der Waals surface area contributed by atoms with Gasteiger partial charge >= 0.3 is 0 Å². The van der Waals surface area contributed by atoms with Gasteiger partial charge in [-0.3, -0.25) is 19.5 Å². The van der Waals surface area contributed by atoms with Gasteiger partial charge in [-0.15, -0.1) is 0 Å².